The average molecular weight is 400 g/mol. The molecule has 1 N–H and O–H groups in total. The van der Waals surface area contributed by atoms with Crippen molar-refractivity contribution in [2.75, 3.05) is 12.8 Å². The predicted molar refractivity (Wildman–Crippen MR) is 106 cm³/mol. The number of rotatable bonds is 4. The molecule has 7 heteroatoms. The Morgan fingerprint density at radius 2 is 2.04 bits per heavy atom. The van der Waals surface area contributed by atoms with Gasteiger partial charge in [-0.2, -0.15) is 0 Å². The van der Waals surface area contributed by atoms with Crippen molar-refractivity contribution in [3.63, 3.8) is 0 Å². The molecule has 2 aromatic rings. The molecular formula is C21H21FN2O3S. The minimum absolute atomic E-state index is 0.00531. The van der Waals surface area contributed by atoms with Crippen LogP contribution in [0.4, 0.5) is 4.39 Å². The number of aliphatic carboxylic acids is 1. The Bertz CT molecular complexity index is 965. The van der Waals surface area contributed by atoms with Crippen LogP contribution in [0.3, 0.4) is 0 Å². The predicted octanol–water partition coefficient (Wildman–Crippen LogP) is 3.46. The molecule has 1 aliphatic heterocycles. The second-order valence-corrected chi connectivity index (χ2v) is 8.17. The molecule has 1 atom stereocenters. The Hall–Kier alpha value is -2.54. The van der Waals surface area contributed by atoms with Crippen LogP contribution in [-0.4, -0.2) is 45.3 Å². The van der Waals surface area contributed by atoms with Crippen molar-refractivity contribution in [2.45, 2.75) is 36.9 Å². The van der Waals surface area contributed by atoms with Gasteiger partial charge in [-0.3, -0.25) is 9.59 Å². The molecule has 0 spiro atoms. The van der Waals surface area contributed by atoms with E-state index >= 15 is 0 Å². The average Bonchev–Trinajstić information content (AvgIpc) is 3.00. The number of hydrogen-bond acceptors (Lipinski definition) is 3. The summed E-state index contributed by atoms with van der Waals surface area (Å²) in [6.45, 7) is -0.0516. The SMILES string of the molecule is CN(C(=O)c1ccc(F)cc1)[C@@H]1CSc2c(c3c(n2CC(=O)O)C=CCC3)C1. The number of thioether (sulfide) groups is 1. The van der Waals surface area contributed by atoms with Crippen molar-refractivity contribution < 1.29 is 19.1 Å². The Labute approximate surface area is 166 Å². The molecule has 0 saturated carbocycles. The molecular weight excluding hydrogens is 379 g/mol. The van der Waals surface area contributed by atoms with Crippen molar-refractivity contribution in [2.24, 2.45) is 0 Å². The molecule has 0 bridgehead atoms. The van der Waals surface area contributed by atoms with Gasteiger partial charge in [0, 0.05) is 30.1 Å². The smallest absolute Gasteiger partial charge is 0.323 e. The molecule has 4 rings (SSSR count). The Balaban J connectivity index is 1.62. The quantitative estimate of drug-likeness (QED) is 0.854. The van der Waals surface area contributed by atoms with Crippen LogP contribution in [0.2, 0.25) is 0 Å². The van der Waals surface area contributed by atoms with Gasteiger partial charge in [0.15, 0.2) is 0 Å². The number of carbonyl (C=O) groups excluding carboxylic acids is 1. The van der Waals surface area contributed by atoms with Crippen molar-refractivity contribution in [3.05, 3.63) is 58.5 Å². The fraction of sp³-hybridized carbons (Fsp3) is 0.333. The first-order valence-electron chi connectivity index (χ1n) is 9.23. The minimum Gasteiger partial charge on any atom is -0.480 e. The molecule has 1 aliphatic carbocycles. The van der Waals surface area contributed by atoms with Crippen LogP contribution in [0, 0.1) is 5.82 Å². The van der Waals surface area contributed by atoms with Crippen LogP contribution in [0.25, 0.3) is 6.08 Å². The lowest BCUT2D eigenvalue weighted by atomic mass is 9.96. The number of hydrogen-bond donors (Lipinski definition) is 1. The molecule has 0 fully saturated rings. The van der Waals surface area contributed by atoms with Gasteiger partial charge in [-0.05, 0) is 60.7 Å². The number of carbonyl (C=O) groups is 2. The Kier molecular flexibility index (Phi) is 5.02. The Morgan fingerprint density at radius 1 is 1.29 bits per heavy atom. The van der Waals surface area contributed by atoms with E-state index in [4.69, 9.17) is 0 Å². The van der Waals surface area contributed by atoms with E-state index in [2.05, 4.69) is 6.08 Å². The van der Waals surface area contributed by atoms with E-state index in [0.29, 0.717) is 17.7 Å². The number of nitrogens with zero attached hydrogens (tertiary/aromatic N) is 2. The summed E-state index contributed by atoms with van der Waals surface area (Å²) in [5.74, 6) is -0.655. The van der Waals surface area contributed by atoms with Crippen LogP contribution in [-0.2, 0) is 24.2 Å². The summed E-state index contributed by atoms with van der Waals surface area (Å²) in [5.41, 5.74) is 3.83. The number of benzene rings is 1. The maximum absolute atomic E-state index is 13.1. The molecule has 0 saturated heterocycles. The molecule has 5 nitrogen and oxygen atoms in total. The fourth-order valence-electron chi connectivity index (χ4n) is 3.96. The first kappa shape index (κ1) is 18.8. The zero-order valence-electron chi connectivity index (χ0n) is 15.5. The molecule has 1 aromatic heterocycles. The molecule has 28 heavy (non-hydrogen) atoms. The van der Waals surface area contributed by atoms with E-state index in [9.17, 15) is 19.1 Å². The zero-order chi connectivity index (χ0) is 19.8. The minimum atomic E-state index is -0.856. The summed E-state index contributed by atoms with van der Waals surface area (Å²) in [5, 5.41) is 10.3. The largest absolute Gasteiger partial charge is 0.480 e. The van der Waals surface area contributed by atoms with Gasteiger partial charge in [-0.1, -0.05) is 6.08 Å². The van der Waals surface area contributed by atoms with Gasteiger partial charge in [0.2, 0.25) is 0 Å². The van der Waals surface area contributed by atoms with Gasteiger partial charge in [0.1, 0.15) is 12.4 Å². The lowest BCUT2D eigenvalue weighted by Gasteiger charge is -2.32. The van der Waals surface area contributed by atoms with Crippen LogP contribution in [0.15, 0.2) is 35.4 Å². The Morgan fingerprint density at radius 3 is 2.75 bits per heavy atom. The standard InChI is InChI=1S/C21H21FN2O3S/c1-23(20(27)13-6-8-14(22)9-7-13)15-10-17-16-4-2-3-5-18(16)24(11-19(25)26)21(17)28-12-15/h3,5-9,15H,2,4,10-12H2,1H3,(H,25,26)/t15-/m0/s1. The fourth-order valence-corrected chi connectivity index (χ4v) is 5.35. The number of allylic oxidation sites excluding steroid dienone is 1. The maximum Gasteiger partial charge on any atom is 0.323 e. The number of halogens is 1. The van der Waals surface area contributed by atoms with E-state index in [0.717, 1.165) is 23.6 Å². The first-order chi connectivity index (χ1) is 13.5. The van der Waals surface area contributed by atoms with Crippen molar-refractivity contribution in [1.29, 1.82) is 0 Å². The van der Waals surface area contributed by atoms with Crippen molar-refractivity contribution in [3.8, 4) is 0 Å². The zero-order valence-corrected chi connectivity index (χ0v) is 16.3. The molecule has 0 radical (unpaired) electrons. The summed E-state index contributed by atoms with van der Waals surface area (Å²) in [7, 11) is 1.78. The van der Waals surface area contributed by atoms with E-state index in [1.54, 1.807) is 23.7 Å². The van der Waals surface area contributed by atoms with Gasteiger partial charge in [0.25, 0.3) is 5.91 Å². The summed E-state index contributed by atoms with van der Waals surface area (Å²) in [4.78, 5) is 25.9. The lowest BCUT2D eigenvalue weighted by molar-refractivity contribution is -0.137. The highest BCUT2D eigenvalue weighted by atomic mass is 32.2. The lowest BCUT2D eigenvalue weighted by Crippen LogP contribution is -2.41. The van der Waals surface area contributed by atoms with Gasteiger partial charge < -0.3 is 14.6 Å². The highest BCUT2D eigenvalue weighted by Gasteiger charge is 2.32. The van der Waals surface area contributed by atoms with Gasteiger partial charge in [-0.25, -0.2) is 4.39 Å². The first-order valence-corrected chi connectivity index (χ1v) is 10.2. The van der Waals surface area contributed by atoms with Gasteiger partial charge in [-0.15, -0.1) is 11.8 Å². The summed E-state index contributed by atoms with van der Waals surface area (Å²) in [6, 6.07) is 5.61. The summed E-state index contributed by atoms with van der Waals surface area (Å²) >= 11 is 1.61. The van der Waals surface area contributed by atoms with Gasteiger partial charge >= 0.3 is 5.97 Å². The third-order valence-corrected chi connectivity index (χ3v) is 6.70. The number of likely N-dealkylation sites (N-methyl/N-ethyl adjacent to an activating group) is 1. The number of aromatic nitrogens is 1. The second kappa shape index (κ2) is 7.47. The number of amides is 1. The van der Waals surface area contributed by atoms with Crippen LogP contribution in [0.5, 0.6) is 0 Å². The van der Waals surface area contributed by atoms with E-state index in [1.807, 2.05) is 10.6 Å². The molecule has 1 amide bonds. The normalized spacial score (nSPS) is 17.7. The van der Waals surface area contributed by atoms with Crippen molar-refractivity contribution in [1.82, 2.24) is 9.47 Å². The molecule has 2 aliphatic rings. The van der Waals surface area contributed by atoms with Crippen LogP contribution >= 0.6 is 11.8 Å². The van der Waals surface area contributed by atoms with E-state index in [1.165, 1.54) is 35.4 Å². The van der Waals surface area contributed by atoms with E-state index < -0.39 is 5.97 Å². The van der Waals surface area contributed by atoms with Crippen LogP contribution < -0.4 is 0 Å². The van der Waals surface area contributed by atoms with E-state index in [-0.39, 0.29) is 24.3 Å². The summed E-state index contributed by atoms with van der Waals surface area (Å²) in [6.07, 6.45) is 6.63. The second-order valence-electron chi connectivity index (χ2n) is 7.16. The number of fused-ring (bicyclic) bond motifs is 3. The third-order valence-electron chi connectivity index (χ3n) is 5.41. The summed E-state index contributed by atoms with van der Waals surface area (Å²) < 4.78 is 15.0. The van der Waals surface area contributed by atoms with Gasteiger partial charge in [0.05, 0.1) is 5.03 Å². The number of carboxylic acid groups (broad SMARTS) is 1. The molecule has 146 valence electrons. The molecule has 1 aromatic carbocycles. The topological polar surface area (TPSA) is 62.5 Å². The highest BCUT2D eigenvalue weighted by molar-refractivity contribution is 7.99. The van der Waals surface area contributed by atoms with Crippen molar-refractivity contribution >= 4 is 29.7 Å². The highest BCUT2D eigenvalue weighted by Crippen LogP contribution is 2.40. The third kappa shape index (κ3) is 3.35. The van der Waals surface area contributed by atoms with Crippen LogP contribution in [0.1, 0.15) is 33.6 Å². The maximum atomic E-state index is 13.1. The monoisotopic (exact) mass is 400 g/mol. The molecule has 0 unspecified atom stereocenters. The number of carboxylic acids is 1. The molecule has 2 heterocycles.